The minimum absolute atomic E-state index is 0.0150. The van der Waals surface area contributed by atoms with Gasteiger partial charge in [0, 0.05) is 10.8 Å². The molecule has 2 rings (SSSR count). The molecule has 1 aliphatic rings. The van der Waals surface area contributed by atoms with Gasteiger partial charge in [0.1, 0.15) is 0 Å². The van der Waals surface area contributed by atoms with Crippen LogP contribution in [0.15, 0.2) is 24.3 Å². The molecule has 2 N–H and O–H groups in total. The molecular formula is C9H10BClO2. The molecule has 2 atom stereocenters. The Labute approximate surface area is 82.3 Å². The van der Waals surface area contributed by atoms with Crippen molar-refractivity contribution in [3.05, 3.63) is 34.9 Å². The van der Waals surface area contributed by atoms with Crippen molar-refractivity contribution in [3.8, 4) is 0 Å². The lowest BCUT2D eigenvalue weighted by Gasteiger charge is -1.99. The molecule has 0 heterocycles. The molecule has 0 bridgehead atoms. The van der Waals surface area contributed by atoms with Gasteiger partial charge in [0.15, 0.2) is 0 Å². The standard InChI is InChI=1S/C9H10BClO2/c11-7-3-1-6(2-4-7)8-5-9(8)10(12)13/h1-4,8-9,12-13H,5H2. The molecule has 0 aliphatic heterocycles. The molecule has 2 nitrogen and oxygen atoms in total. The predicted molar refractivity (Wildman–Crippen MR) is 52.8 cm³/mol. The number of benzene rings is 1. The zero-order valence-corrected chi connectivity index (χ0v) is 7.78. The fraction of sp³-hybridized carbons (Fsp3) is 0.333. The first kappa shape index (κ1) is 9.07. The van der Waals surface area contributed by atoms with Crippen molar-refractivity contribution in [3.63, 3.8) is 0 Å². The highest BCUT2D eigenvalue weighted by Gasteiger charge is 2.46. The normalized spacial score (nSPS) is 25.8. The maximum Gasteiger partial charge on any atom is 0.455 e. The molecule has 4 heteroatoms. The van der Waals surface area contributed by atoms with Crippen molar-refractivity contribution in [2.75, 3.05) is 0 Å². The SMILES string of the molecule is OB(O)C1CC1c1ccc(Cl)cc1. The fourth-order valence-electron chi connectivity index (χ4n) is 1.64. The summed E-state index contributed by atoms with van der Waals surface area (Å²) in [4.78, 5) is 0. The number of rotatable bonds is 2. The monoisotopic (exact) mass is 196 g/mol. The summed E-state index contributed by atoms with van der Waals surface area (Å²) in [6, 6.07) is 7.54. The Bertz CT molecular complexity index is 299. The zero-order valence-electron chi connectivity index (χ0n) is 7.02. The third-order valence-corrected chi connectivity index (χ3v) is 2.77. The molecule has 0 spiro atoms. The second kappa shape index (κ2) is 3.33. The summed E-state index contributed by atoms with van der Waals surface area (Å²) >= 11 is 5.74. The van der Waals surface area contributed by atoms with E-state index in [1.165, 1.54) is 0 Å². The minimum atomic E-state index is -1.18. The van der Waals surface area contributed by atoms with Gasteiger partial charge in [-0.25, -0.2) is 0 Å². The van der Waals surface area contributed by atoms with Crippen LogP contribution in [0.25, 0.3) is 0 Å². The van der Waals surface area contributed by atoms with Crippen molar-refractivity contribution in [1.29, 1.82) is 0 Å². The molecule has 1 aliphatic carbocycles. The Morgan fingerprint density at radius 2 is 1.85 bits per heavy atom. The van der Waals surface area contributed by atoms with Crippen LogP contribution in [0.5, 0.6) is 0 Å². The van der Waals surface area contributed by atoms with E-state index in [9.17, 15) is 0 Å². The highest BCUT2D eigenvalue weighted by Crippen LogP contribution is 2.53. The lowest BCUT2D eigenvalue weighted by atomic mass is 9.81. The maximum atomic E-state index is 8.91. The molecule has 68 valence electrons. The van der Waals surface area contributed by atoms with Gasteiger partial charge in [0.05, 0.1) is 0 Å². The molecule has 0 amide bonds. The Kier molecular flexibility index (Phi) is 2.32. The Morgan fingerprint density at radius 3 is 2.31 bits per heavy atom. The van der Waals surface area contributed by atoms with Crippen LogP contribution in [0, 0.1) is 0 Å². The lowest BCUT2D eigenvalue weighted by molar-refractivity contribution is 0.402. The first-order chi connectivity index (χ1) is 6.18. The summed E-state index contributed by atoms with van der Waals surface area (Å²) in [5, 5.41) is 18.5. The highest BCUT2D eigenvalue weighted by atomic mass is 35.5. The van der Waals surface area contributed by atoms with E-state index in [2.05, 4.69) is 0 Å². The van der Waals surface area contributed by atoms with E-state index in [1.807, 2.05) is 24.3 Å². The van der Waals surface area contributed by atoms with Gasteiger partial charge in [-0.2, -0.15) is 0 Å². The van der Waals surface area contributed by atoms with Crippen molar-refractivity contribution in [1.82, 2.24) is 0 Å². The largest absolute Gasteiger partial charge is 0.455 e. The van der Waals surface area contributed by atoms with Gasteiger partial charge in [0.2, 0.25) is 0 Å². The number of hydrogen-bond acceptors (Lipinski definition) is 2. The van der Waals surface area contributed by atoms with Crippen LogP contribution in [0.2, 0.25) is 10.8 Å². The minimum Gasteiger partial charge on any atom is -0.427 e. The molecule has 1 aromatic carbocycles. The first-order valence-electron chi connectivity index (χ1n) is 4.30. The van der Waals surface area contributed by atoms with Crippen molar-refractivity contribution < 1.29 is 10.0 Å². The molecule has 0 aromatic heterocycles. The summed E-state index contributed by atoms with van der Waals surface area (Å²) in [7, 11) is -1.18. The summed E-state index contributed by atoms with van der Waals surface area (Å²) in [5.41, 5.74) is 1.14. The summed E-state index contributed by atoms with van der Waals surface area (Å²) in [5.74, 6) is 0.318. The van der Waals surface area contributed by atoms with Crippen molar-refractivity contribution in [2.24, 2.45) is 0 Å². The Balaban J connectivity index is 2.08. The van der Waals surface area contributed by atoms with Gasteiger partial charge < -0.3 is 10.0 Å². The van der Waals surface area contributed by atoms with Crippen LogP contribution in [0.3, 0.4) is 0 Å². The Hall–Kier alpha value is -0.505. The van der Waals surface area contributed by atoms with Crippen LogP contribution in [-0.2, 0) is 0 Å². The molecule has 0 radical (unpaired) electrons. The average Bonchev–Trinajstić information content (AvgIpc) is 2.85. The first-order valence-corrected chi connectivity index (χ1v) is 4.68. The number of halogens is 1. The zero-order chi connectivity index (χ0) is 9.42. The van der Waals surface area contributed by atoms with Gasteiger partial charge >= 0.3 is 7.12 Å². The van der Waals surface area contributed by atoms with Crippen LogP contribution >= 0.6 is 11.6 Å². The van der Waals surface area contributed by atoms with Crippen LogP contribution in [0.1, 0.15) is 17.9 Å². The second-order valence-electron chi connectivity index (χ2n) is 3.47. The fourth-order valence-corrected chi connectivity index (χ4v) is 1.76. The summed E-state index contributed by atoms with van der Waals surface area (Å²) in [6.07, 6.45) is 0.860. The van der Waals surface area contributed by atoms with Crippen LogP contribution < -0.4 is 0 Å². The van der Waals surface area contributed by atoms with E-state index in [1.54, 1.807) is 0 Å². The third kappa shape index (κ3) is 1.88. The quantitative estimate of drug-likeness (QED) is 0.707. The van der Waals surface area contributed by atoms with Crippen LogP contribution in [0.4, 0.5) is 0 Å². The number of hydrogen-bond donors (Lipinski definition) is 2. The molecule has 2 unspecified atom stereocenters. The maximum absolute atomic E-state index is 8.91. The van der Waals surface area contributed by atoms with E-state index in [-0.39, 0.29) is 5.82 Å². The Morgan fingerprint density at radius 1 is 1.23 bits per heavy atom. The molecule has 1 aromatic rings. The van der Waals surface area contributed by atoms with E-state index >= 15 is 0 Å². The second-order valence-corrected chi connectivity index (χ2v) is 3.91. The lowest BCUT2D eigenvalue weighted by Crippen LogP contribution is -2.11. The summed E-state index contributed by atoms with van der Waals surface area (Å²) in [6.45, 7) is 0. The van der Waals surface area contributed by atoms with E-state index in [0.717, 1.165) is 12.0 Å². The van der Waals surface area contributed by atoms with E-state index < -0.39 is 7.12 Å². The topological polar surface area (TPSA) is 40.5 Å². The van der Waals surface area contributed by atoms with Gasteiger partial charge in [-0.05, 0) is 30.0 Å². The predicted octanol–water partition coefficient (Wildman–Crippen LogP) is 1.67. The smallest absolute Gasteiger partial charge is 0.427 e. The van der Waals surface area contributed by atoms with Gasteiger partial charge in [-0.15, -0.1) is 0 Å². The van der Waals surface area contributed by atoms with E-state index in [0.29, 0.717) is 10.9 Å². The van der Waals surface area contributed by atoms with Crippen molar-refractivity contribution in [2.45, 2.75) is 18.2 Å². The molecule has 0 saturated heterocycles. The van der Waals surface area contributed by atoms with Crippen molar-refractivity contribution >= 4 is 18.7 Å². The van der Waals surface area contributed by atoms with Crippen LogP contribution in [-0.4, -0.2) is 17.2 Å². The van der Waals surface area contributed by atoms with Gasteiger partial charge in [0.25, 0.3) is 0 Å². The summed E-state index contributed by atoms with van der Waals surface area (Å²) < 4.78 is 0. The molecule has 1 saturated carbocycles. The molecular weight excluding hydrogens is 186 g/mol. The highest BCUT2D eigenvalue weighted by molar-refractivity contribution is 6.44. The average molecular weight is 196 g/mol. The third-order valence-electron chi connectivity index (χ3n) is 2.52. The van der Waals surface area contributed by atoms with Gasteiger partial charge in [-0.3, -0.25) is 0 Å². The molecule has 13 heavy (non-hydrogen) atoms. The van der Waals surface area contributed by atoms with E-state index in [4.69, 9.17) is 21.6 Å². The molecule has 1 fully saturated rings. The van der Waals surface area contributed by atoms with Gasteiger partial charge in [-0.1, -0.05) is 23.7 Å².